The van der Waals surface area contributed by atoms with Crippen LogP contribution in [0.5, 0.6) is 0 Å². The quantitative estimate of drug-likeness (QED) is 0.456. The van der Waals surface area contributed by atoms with Crippen LogP contribution in [0.25, 0.3) is 11.0 Å². The number of amides is 1. The maximum absolute atomic E-state index is 13.6. The van der Waals surface area contributed by atoms with Gasteiger partial charge in [0, 0.05) is 18.7 Å². The van der Waals surface area contributed by atoms with Crippen molar-refractivity contribution in [3.05, 3.63) is 96.1 Å². The first kappa shape index (κ1) is 22.1. The zero-order chi connectivity index (χ0) is 23.7. The van der Waals surface area contributed by atoms with Gasteiger partial charge in [-0.15, -0.1) is 0 Å². The van der Waals surface area contributed by atoms with Crippen molar-refractivity contribution in [3.63, 3.8) is 0 Å². The van der Waals surface area contributed by atoms with Crippen molar-refractivity contribution in [3.8, 4) is 0 Å². The number of sulfonamides is 1. The molecule has 1 amide bonds. The Morgan fingerprint density at radius 1 is 1.06 bits per heavy atom. The molecule has 0 saturated carbocycles. The van der Waals surface area contributed by atoms with E-state index >= 15 is 0 Å². The number of carbonyl (C=O) groups excluding carboxylic acids is 1. The fourth-order valence-corrected chi connectivity index (χ4v) is 5.81. The highest BCUT2D eigenvalue weighted by molar-refractivity contribution is 7.93. The number of carbonyl (C=O) groups is 1. The van der Waals surface area contributed by atoms with Crippen LogP contribution in [0.15, 0.2) is 79.1 Å². The minimum atomic E-state index is -3.35. The molecule has 7 nitrogen and oxygen atoms in total. The molecule has 0 radical (unpaired) electrons. The molecule has 0 spiro atoms. The zero-order valence-electron chi connectivity index (χ0n) is 18.3. The molecule has 1 aliphatic heterocycles. The van der Waals surface area contributed by atoms with Crippen LogP contribution >= 0.6 is 0 Å². The lowest BCUT2D eigenvalue weighted by Crippen LogP contribution is -2.32. The molecule has 9 heteroatoms. The van der Waals surface area contributed by atoms with Crippen LogP contribution in [0, 0.1) is 5.82 Å². The maximum Gasteiger partial charge on any atom is 0.251 e. The van der Waals surface area contributed by atoms with E-state index in [0.717, 1.165) is 16.6 Å². The SMILES string of the molecule is O=C(NC(Cn1cnc2ccccc21)c1ccc(F)cc1)c1cccc(N2CCCS2(=O)=O)c1. The first-order valence-electron chi connectivity index (χ1n) is 11.0. The normalized spacial score (nSPS) is 16.0. The second kappa shape index (κ2) is 8.90. The first-order chi connectivity index (χ1) is 16.4. The second-order valence-electron chi connectivity index (χ2n) is 8.26. The first-order valence-corrected chi connectivity index (χ1v) is 12.6. The van der Waals surface area contributed by atoms with Gasteiger partial charge < -0.3 is 9.88 Å². The lowest BCUT2D eigenvalue weighted by atomic mass is 10.1. The zero-order valence-corrected chi connectivity index (χ0v) is 19.1. The summed E-state index contributed by atoms with van der Waals surface area (Å²) >= 11 is 0. The smallest absolute Gasteiger partial charge is 0.251 e. The Labute approximate surface area is 196 Å². The summed E-state index contributed by atoms with van der Waals surface area (Å²) in [5, 5.41) is 3.03. The van der Waals surface area contributed by atoms with Gasteiger partial charge in [0.1, 0.15) is 5.82 Å². The van der Waals surface area contributed by atoms with E-state index in [1.807, 2.05) is 28.8 Å². The molecule has 174 valence electrons. The number of hydrogen-bond donors (Lipinski definition) is 1. The number of para-hydroxylation sites is 2. The van der Waals surface area contributed by atoms with Crippen LogP contribution in [0.1, 0.15) is 28.4 Å². The van der Waals surface area contributed by atoms with Crippen LogP contribution in [0.2, 0.25) is 0 Å². The highest BCUT2D eigenvalue weighted by Crippen LogP contribution is 2.26. The Kier molecular flexibility index (Phi) is 5.79. The molecule has 3 aromatic carbocycles. The molecule has 1 fully saturated rings. The van der Waals surface area contributed by atoms with Crippen molar-refractivity contribution in [1.29, 1.82) is 0 Å². The highest BCUT2D eigenvalue weighted by atomic mass is 32.2. The van der Waals surface area contributed by atoms with E-state index < -0.39 is 16.1 Å². The largest absolute Gasteiger partial charge is 0.343 e. The summed E-state index contributed by atoms with van der Waals surface area (Å²) in [4.78, 5) is 17.7. The molecule has 1 aliphatic rings. The number of aromatic nitrogens is 2. The average Bonchev–Trinajstić information content (AvgIpc) is 3.41. The van der Waals surface area contributed by atoms with E-state index in [2.05, 4.69) is 10.3 Å². The summed E-state index contributed by atoms with van der Waals surface area (Å²) in [5.74, 6) is -0.604. The Morgan fingerprint density at radius 3 is 2.62 bits per heavy atom. The fourth-order valence-electron chi connectivity index (χ4n) is 4.26. The molecule has 2 heterocycles. The van der Waals surface area contributed by atoms with Crippen molar-refractivity contribution >= 4 is 32.7 Å². The minimum absolute atomic E-state index is 0.106. The van der Waals surface area contributed by atoms with E-state index in [0.29, 0.717) is 30.8 Å². The van der Waals surface area contributed by atoms with E-state index in [9.17, 15) is 17.6 Å². The third-order valence-corrected chi connectivity index (χ3v) is 7.85. The maximum atomic E-state index is 13.6. The van der Waals surface area contributed by atoms with Crippen molar-refractivity contribution in [2.45, 2.75) is 19.0 Å². The Hall–Kier alpha value is -3.72. The monoisotopic (exact) mass is 478 g/mol. The second-order valence-corrected chi connectivity index (χ2v) is 10.3. The van der Waals surface area contributed by atoms with Crippen LogP contribution in [-0.2, 0) is 16.6 Å². The van der Waals surface area contributed by atoms with Crippen molar-refractivity contribution in [1.82, 2.24) is 14.9 Å². The van der Waals surface area contributed by atoms with Crippen molar-refractivity contribution < 1.29 is 17.6 Å². The summed E-state index contributed by atoms with van der Waals surface area (Å²) in [5.41, 5.74) is 3.33. The van der Waals surface area contributed by atoms with Gasteiger partial charge in [-0.05, 0) is 54.4 Å². The molecular weight excluding hydrogens is 455 g/mol. The summed E-state index contributed by atoms with van der Waals surface area (Å²) in [6.45, 7) is 0.789. The molecule has 1 unspecified atom stereocenters. The van der Waals surface area contributed by atoms with Gasteiger partial charge >= 0.3 is 0 Å². The number of rotatable bonds is 6. The van der Waals surface area contributed by atoms with Crippen LogP contribution < -0.4 is 9.62 Å². The molecular formula is C25H23FN4O3S. The number of imidazole rings is 1. The van der Waals surface area contributed by atoms with E-state index in [1.165, 1.54) is 16.4 Å². The molecule has 1 N–H and O–H groups in total. The predicted molar refractivity (Wildman–Crippen MR) is 129 cm³/mol. The number of hydrogen-bond acceptors (Lipinski definition) is 4. The Bertz CT molecular complexity index is 1450. The topological polar surface area (TPSA) is 84.3 Å². The number of halogens is 1. The molecule has 34 heavy (non-hydrogen) atoms. The molecule has 1 saturated heterocycles. The number of fused-ring (bicyclic) bond motifs is 1. The number of nitrogens with zero attached hydrogens (tertiary/aromatic N) is 3. The van der Waals surface area contributed by atoms with Gasteiger partial charge in [-0.1, -0.05) is 30.3 Å². The number of anilines is 1. The molecule has 1 aromatic heterocycles. The van der Waals surface area contributed by atoms with Crippen LogP contribution in [0.3, 0.4) is 0 Å². The standard InChI is InChI=1S/C25H23FN4O3S/c26-20-11-9-18(10-12-20)23(16-29-17-27-22-7-1-2-8-24(22)29)28-25(31)19-5-3-6-21(15-19)30-13-4-14-34(30,32)33/h1-3,5-12,15,17,23H,4,13-14,16H2,(H,28,31). The van der Waals surface area contributed by atoms with Crippen molar-refractivity contribution in [2.75, 3.05) is 16.6 Å². The summed E-state index contributed by atoms with van der Waals surface area (Å²) < 4.78 is 41.5. The summed E-state index contributed by atoms with van der Waals surface area (Å²) in [6.07, 6.45) is 2.27. The van der Waals surface area contributed by atoms with Gasteiger partial charge in [0.15, 0.2) is 0 Å². The van der Waals surface area contributed by atoms with Crippen LogP contribution in [0.4, 0.5) is 10.1 Å². The van der Waals surface area contributed by atoms with Gasteiger partial charge in [-0.2, -0.15) is 0 Å². The van der Waals surface area contributed by atoms with E-state index in [1.54, 1.807) is 42.7 Å². The van der Waals surface area contributed by atoms with Gasteiger partial charge in [0.2, 0.25) is 10.0 Å². The molecule has 5 rings (SSSR count). The van der Waals surface area contributed by atoms with Gasteiger partial charge in [-0.25, -0.2) is 17.8 Å². The highest BCUT2D eigenvalue weighted by Gasteiger charge is 2.29. The van der Waals surface area contributed by atoms with Gasteiger partial charge in [-0.3, -0.25) is 9.10 Å². The Balaban J connectivity index is 1.44. The molecule has 0 bridgehead atoms. The molecule has 4 aromatic rings. The summed E-state index contributed by atoms with van der Waals surface area (Å²) in [6, 6.07) is 19.8. The lowest BCUT2D eigenvalue weighted by molar-refractivity contribution is 0.0933. The fraction of sp³-hybridized carbons (Fsp3) is 0.200. The third kappa shape index (κ3) is 4.38. The molecule has 1 atom stereocenters. The Morgan fingerprint density at radius 2 is 1.85 bits per heavy atom. The van der Waals surface area contributed by atoms with Crippen molar-refractivity contribution in [2.24, 2.45) is 0 Å². The lowest BCUT2D eigenvalue weighted by Gasteiger charge is -2.21. The number of benzene rings is 3. The third-order valence-electron chi connectivity index (χ3n) is 5.98. The predicted octanol–water partition coefficient (Wildman–Crippen LogP) is 3.89. The summed E-state index contributed by atoms with van der Waals surface area (Å²) in [7, 11) is -3.35. The molecule has 0 aliphatic carbocycles. The van der Waals surface area contributed by atoms with E-state index in [-0.39, 0.29) is 17.5 Å². The number of nitrogens with one attached hydrogen (secondary N) is 1. The average molecular weight is 479 g/mol. The minimum Gasteiger partial charge on any atom is -0.343 e. The van der Waals surface area contributed by atoms with Gasteiger partial charge in [0.25, 0.3) is 5.91 Å². The van der Waals surface area contributed by atoms with Crippen LogP contribution in [-0.4, -0.2) is 36.2 Å². The van der Waals surface area contributed by atoms with Gasteiger partial charge in [0.05, 0.1) is 34.8 Å². The van der Waals surface area contributed by atoms with E-state index in [4.69, 9.17) is 0 Å².